The third-order valence-electron chi connectivity index (χ3n) is 13.8. The topological polar surface area (TPSA) is 94.1 Å². The molecule has 2 atom stereocenters. The third kappa shape index (κ3) is 58.0. The number of esters is 1. The second kappa shape index (κ2) is 53.5. The average Bonchev–Trinajstić information content (AvgIpc) is 3.31. The van der Waals surface area contributed by atoms with Crippen molar-refractivity contribution in [2.45, 2.75) is 315 Å². The van der Waals surface area contributed by atoms with Gasteiger partial charge in [0.15, 0.2) is 0 Å². The lowest BCUT2D eigenvalue weighted by molar-refractivity contribution is -0.870. The van der Waals surface area contributed by atoms with E-state index < -0.39 is 13.9 Å². The van der Waals surface area contributed by atoms with E-state index in [9.17, 15) is 14.3 Å². The van der Waals surface area contributed by atoms with Gasteiger partial charge in [-0.25, -0.2) is 0 Å². The van der Waals surface area contributed by atoms with Crippen molar-refractivity contribution in [3.8, 4) is 0 Å². The number of quaternary nitrogens is 1. The minimum atomic E-state index is -4.53. The van der Waals surface area contributed by atoms with Crippen molar-refractivity contribution in [2.75, 3.05) is 54.1 Å². The van der Waals surface area contributed by atoms with Gasteiger partial charge in [-0.2, -0.15) is 0 Å². The van der Waals surface area contributed by atoms with Crippen LogP contribution in [0.15, 0.2) is 12.2 Å². The van der Waals surface area contributed by atoms with Crippen LogP contribution in [-0.4, -0.2) is 70.7 Å². The molecule has 0 saturated heterocycles. The predicted octanol–water partition coefficient (Wildman–Crippen LogP) is 18.7. The standard InChI is InChI=1S/C60H120NO7P/c1-6-8-10-12-14-16-18-20-22-24-26-28-29-30-31-32-34-36-38-40-42-44-46-48-50-52-55-65-57-59(58-67-69(63,64)66-56-54-61(3,4)5)68-60(62)53-51-49-47-45-43-41-39-37-35-33-27-25-23-21-19-17-15-13-11-9-7-2/h25,27,59H,6-24,26,28-58H2,1-5H3/b27-25-. The molecule has 0 N–H and O–H groups in total. The maximum atomic E-state index is 12.8. The van der Waals surface area contributed by atoms with Gasteiger partial charge in [-0.3, -0.25) is 9.36 Å². The van der Waals surface area contributed by atoms with Crippen LogP contribution in [0.5, 0.6) is 0 Å². The van der Waals surface area contributed by atoms with Crippen molar-refractivity contribution in [2.24, 2.45) is 0 Å². The molecule has 69 heavy (non-hydrogen) atoms. The van der Waals surface area contributed by atoms with Gasteiger partial charge in [0.25, 0.3) is 7.82 Å². The monoisotopic (exact) mass is 998 g/mol. The summed E-state index contributed by atoms with van der Waals surface area (Å²) in [6.07, 6.45) is 64.1. The fourth-order valence-corrected chi connectivity index (χ4v) is 9.86. The van der Waals surface area contributed by atoms with Crippen LogP contribution in [0.4, 0.5) is 0 Å². The maximum absolute atomic E-state index is 12.8. The van der Waals surface area contributed by atoms with Crippen molar-refractivity contribution < 1.29 is 37.3 Å². The number of phosphoric ester groups is 1. The van der Waals surface area contributed by atoms with Crippen LogP contribution in [0.1, 0.15) is 309 Å². The van der Waals surface area contributed by atoms with Gasteiger partial charge in [0, 0.05) is 13.0 Å². The van der Waals surface area contributed by atoms with Crippen LogP contribution in [-0.2, 0) is 27.9 Å². The molecule has 8 nitrogen and oxygen atoms in total. The predicted molar refractivity (Wildman–Crippen MR) is 296 cm³/mol. The number of phosphoric acid groups is 1. The van der Waals surface area contributed by atoms with Crippen molar-refractivity contribution in [3.05, 3.63) is 12.2 Å². The van der Waals surface area contributed by atoms with Gasteiger partial charge in [-0.1, -0.05) is 276 Å². The Labute approximate surface area is 431 Å². The lowest BCUT2D eigenvalue weighted by atomic mass is 10.0. The van der Waals surface area contributed by atoms with E-state index in [1.54, 1.807) is 0 Å². The van der Waals surface area contributed by atoms with Crippen molar-refractivity contribution in [3.63, 3.8) is 0 Å². The number of carbonyl (C=O) groups excluding carboxylic acids is 1. The molecule has 0 saturated carbocycles. The number of hydrogen-bond donors (Lipinski definition) is 0. The van der Waals surface area contributed by atoms with E-state index in [2.05, 4.69) is 26.0 Å². The Hall–Kier alpha value is -0.760. The van der Waals surface area contributed by atoms with E-state index in [1.807, 2.05) is 21.1 Å². The Balaban J connectivity index is 3.99. The molecule has 0 aromatic rings. The van der Waals surface area contributed by atoms with Gasteiger partial charge >= 0.3 is 5.97 Å². The molecule has 0 spiro atoms. The third-order valence-corrected chi connectivity index (χ3v) is 14.8. The summed E-state index contributed by atoms with van der Waals surface area (Å²) in [5.74, 6) is -0.328. The highest BCUT2D eigenvalue weighted by atomic mass is 31.2. The minimum absolute atomic E-state index is 0.0297. The zero-order chi connectivity index (χ0) is 50.5. The van der Waals surface area contributed by atoms with Gasteiger partial charge in [0.05, 0.1) is 34.4 Å². The highest BCUT2D eigenvalue weighted by Gasteiger charge is 2.20. The highest BCUT2D eigenvalue weighted by molar-refractivity contribution is 7.45. The Morgan fingerprint density at radius 1 is 0.435 bits per heavy atom. The van der Waals surface area contributed by atoms with E-state index in [0.717, 1.165) is 32.1 Å². The van der Waals surface area contributed by atoms with Gasteiger partial charge in [0.2, 0.25) is 0 Å². The zero-order valence-electron chi connectivity index (χ0n) is 47.0. The molecule has 9 heteroatoms. The molecule has 412 valence electrons. The Kier molecular flexibility index (Phi) is 52.9. The lowest BCUT2D eigenvalue weighted by Crippen LogP contribution is -2.37. The van der Waals surface area contributed by atoms with Crippen molar-refractivity contribution in [1.29, 1.82) is 0 Å². The molecule has 0 aliphatic rings. The quantitative estimate of drug-likeness (QED) is 0.0197. The summed E-state index contributed by atoms with van der Waals surface area (Å²) in [5, 5.41) is 0. The summed E-state index contributed by atoms with van der Waals surface area (Å²) in [6.45, 7) is 5.49. The first-order valence-corrected chi connectivity index (χ1v) is 31.9. The molecule has 0 rings (SSSR count). The van der Waals surface area contributed by atoms with Crippen molar-refractivity contribution in [1.82, 2.24) is 0 Å². The maximum Gasteiger partial charge on any atom is 0.306 e. The van der Waals surface area contributed by atoms with Gasteiger partial charge < -0.3 is 27.9 Å². The largest absolute Gasteiger partial charge is 0.756 e. The number of nitrogens with zero attached hydrogens (tertiary/aromatic N) is 1. The smallest absolute Gasteiger partial charge is 0.306 e. The molecular weight excluding hydrogens is 878 g/mol. The molecule has 2 unspecified atom stereocenters. The fraction of sp³-hybridized carbons (Fsp3) is 0.950. The molecule has 0 amide bonds. The van der Waals surface area contributed by atoms with Crippen LogP contribution in [0.25, 0.3) is 0 Å². The Morgan fingerprint density at radius 3 is 1.10 bits per heavy atom. The average molecular weight is 999 g/mol. The zero-order valence-corrected chi connectivity index (χ0v) is 47.9. The van der Waals surface area contributed by atoms with E-state index >= 15 is 0 Å². The van der Waals surface area contributed by atoms with Gasteiger partial charge in [-0.15, -0.1) is 0 Å². The van der Waals surface area contributed by atoms with Crippen LogP contribution in [0.3, 0.4) is 0 Å². The fourth-order valence-electron chi connectivity index (χ4n) is 9.13. The summed E-state index contributed by atoms with van der Waals surface area (Å²) >= 11 is 0. The second-order valence-corrected chi connectivity index (χ2v) is 23.5. The van der Waals surface area contributed by atoms with Crippen LogP contribution in [0.2, 0.25) is 0 Å². The van der Waals surface area contributed by atoms with Crippen molar-refractivity contribution >= 4 is 13.8 Å². The lowest BCUT2D eigenvalue weighted by Gasteiger charge is -2.28. The van der Waals surface area contributed by atoms with E-state index in [4.69, 9.17) is 18.5 Å². The minimum Gasteiger partial charge on any atom is -0.756 e. The first-order chi connectivity index (χ1) is 33.6. The van der Waals surface area contributed by atoms with Gasteiger partial charge in [-0.05, 0) is 38.5 Å². The van der Waals surface area contributed by atoms with Crippen LogP contribution in [0, 0.1) is 0 Å². The number of likely N-dealkylation sites (N-methyl/N-ethyl adjacent to an activating group) is 1. The SMILES string of the molecule is CCCCCCCCCC/C=C\CCCCCCCCCCCC(=O)OC(COCCCCCCCCCCCCCCCCCCCCCCCCCCCC)COP(=O)([O-])OCC[N+](C)(C)C. The number of carbonyl (C=O) groups is 1. The number of unbranched alkanes of at least 4 members (excludes halogenated alkanes) is 42. The molecule has 0 fully saturated rings. The molecule has 0 aliphatic heterocycles. The van der Waals surface area contributed by atoms with Gasteiger partial charge in [0.1, 0.15) is 19.3 Å². The summed E-state index contributed by atoms with van der Waals surface area (Å²) in [5.41, 5.74) is 0. The molecule has 0 aromatic heterocycles. The summed E-state index contributed by atoms with van der Waals surface area (Å²) in [6, 6.07) is 0. The Morgan fingerprint density at radius 2 is 0.754 bits per heavy atom. The summed E-state index contributed by atoms with van der Waals surface area (Å²) in [4.78, 5) is 25.3. The molecule has 0 radical (unpaired) electrons. The molecular formula is C60H120NO7P. The highest BCUT2D eigenvalue weighted by Crippen LogP contribution is 2.38. The molecule has 0 bridgehead atoms. The second-order valence-electron chi connectivity index (χ2n) is 22.1. The van der Waals surface area contributed by atoms with Crippen LogP contribution < -0.4 is 4.89 Å². The summed E-state index contributed by atoms with van der Waals surface area (Å²) in [7, 11) is 1.38. The van der Waals surface area contributed by atoms with E-state index in [1.165, 1.54) is 257 Å². The number of hydrogen-bond acceptors (Lipinski definition) is 7. The molecule has 0 heterocycles. The number of rotatable bonds is 58. The first kappa shape index (κ1) is 68.2. The number of allylic oxidation sites excluding steroid dienone is 2. The Bertz CT molecular complexity index is 1110. The van der Waals surface area contributed by atoms with Crippen LogP contribution >= 0.6 is 7.82 Å². The van der Waals surface area contributed by atoms with E-state index in [0.29, 0.717) is 24.1 Å². The van der Waals surface area contributed by atoms with E-state index in [-0.39, 0.29) is 25.8 Å². The first-order valence-electron chi connectivity index (χ1n) is 30.4. The summed E-state index contributed by atoms with van der Waals surface area (Å²) < 4.78 is 34.9. The normalized spacial score (nSPS) is 13.4. The molecule has 0 aliphatic carbocycles. The molecule has 0 aromatic carbocycles. The number of ether oxygens (including phenoxy) is 2.